The quantitative estimate of drug-likeness (QED) is 0.670. The van der Waals surface area contributed by atoms with Crippen LogP contribution in [0.5, 0.6) is 5.75 Å². The van der Waals surface area contributed by atoms with E-state index in [-0.39, 0.29) is 24.5 Å². The molecule has 30 heavy (non-hydrogen) atoms. The average Bonchev–Trinajstić information content (AvgIpc) is 2.69. The highest BCUT2D eigenvalue weighted by Gasteiger charge is 2.29. The normalized spacial score (nSPS) is 11.8. The smallest absolute Gasteiger partial charge is 0.261 e. The summed E-state index contributed by atoms with van der Waals surface area (Å²) in [6, 6.07) is 13.3. The molecule has 1 atom stereocenters. The summed E-state index contributed by atoms with van der Waals surface area (Å²) in [7, 11) is 0. The fourth-order valence-electron chi connectivity index (χ4n) is 3.29. The second-order valence-electron chi connectivity index (χ2n) is 8.08. The molecule has 2 rings (SSSR count). The van der Waals surface area contributed by atoms with Crippen LogP contribution in [0.2, 0.25) is 0 Å². The molecule has 1 unspecified atom stereocenters. The molecule has 2 amide bonds. The zero-order valence-corrected chi connectivity index (χ0v) is 19.0. The summed E-state index contributed by atoms with van der Waals surface area (Å²) >= 11 is 0. The predicted octanol–water partition coefficient (Wildman–Crippen LogP) is 4.32. The first-order valence-electron chi connectivity index (χ1n) is 10.6. The van der Waals surface area contributed by atoms with E-state index in [9.17, 15) is 9.59 Å². The number of nitrogens with zero attached hydrogens (tertiary/aromatic N) is 1. The second kappa shape index (κ2) is 10.8. The van der Waals surface area contributed by atoms with Crippen molar-refractivity contribution in [2.75, 3.05) is 6.61 Å². The Balaban J connectivity index is 2.23. The number of hydrogen-bond acceptors (Lipinski definition) is 3. The van der Waals surface area contributed by atoms with Gasteiger partial charge in [-0.1, -0.05) is 48.9 Å². The van der Waals surface area contributed by atoms with Gasteiger partial charge in [-0.3, -0.25) is 9.59 Å². The minimum Gasteiger partial charge on any atom is -0.483 e. The van der Waals surface area contributed by atoms with Gasteiger partial charge in [-0.05, 0) is 63.8 Å². The number of carbonyl (C=O) groups is 2. The Morgan fingerprint density at radius 2 is 1.70 bits per heavy atom. The van der Waals surface area contributed by atoms with E-state index in [0.29, 0.717) is 18.7 Å². The topological polar surface area (TPSA) is 58.6 Å². The third-order valence-corrected chi connectivity index (χ3v) is 5.20. The van der Waals surface area contributed by atoms with Crippen molar-refractivity contribution in [1.29, 1.82) is 0 Å². The molecule has 0 heterocycles. The van der Waals surface area contributed by atoms with Gasteiger partial charge in [-0.15, -0.1) is 0 Å². The molecule has 0 aliphatic heterocycles. The van der Waals surface area contributed by atoms with Crippen molar-refractivity contribution in [3.05, 3.63) is 64.7 Å². The molecule has 2 aromatic carbocycles. The molecule has 1 N–H and O–H groups in total. The van der Waals surface area contributed by atoms with Crippen LogP contribution >= 0.6 is 0 Å². The molecule has 0 saturated heterocycles. The Labute approximate surface area is 180 Å². The molecule has 0 spiro atoms. The summed E-state index contributed by atoms with van der Waals surface area (Å²) < 4.78 is 5.85. The summed E-state index contributed by atoms with van der Waals surface area (Å²) in [4.78, 5) is 27.6. The van der Waals surface area contributed by atoms with Crippen LogP contribution in [0.15, 0.2) is 42.5 Å². The molecule has 5 nitrogen and oxygen atoms in total. The number of ether oxygens (including phenoxy) is 1. The maximum absolute atomic E-state index is 13.2. The summed E-state index contributed by atoms with van der Waals surface area (Å²) in [5.41, 5.74) is 4.26. The molecule has 0 aliphatic rings. The van der Waals surface area contributed by atoms with Crippen molar-refractivity contribution in [1.82, 2.24) is 10.2 Å². The van der Waals surface area contributed by atoms with Crippen molar-refractivity contribution < 1.29 is 14.3 Å². The zero-order valence-electron chi connectivity index (χ0n) is 19.0. The summed E-state index contributed by atoms with van der Waals surface area (Å²) in [6.45, 7) is 12.0. The molecule has 0 aliphatic carbocycles. The maximum Gasteiger partial charge on any atom is 0.261 e. The molecular weight excluding hydrogens is 376 g/mol. The third-order valence-electron chi connectivity index (χ3n) is 5.20. The van der Waals surface area contributed by atoms with Gasteiger partial charge in [0.15, 0.2) is 6.61 Å². The van der Waals surface area contributed by atoms with E-state index >= 15 is 0 Å². The first kappa shape index (κ1) is 23.5. The second-order valence-corrected chi connectivity index (χ2v) is 8.08. The molecule has 0 saturated carbocycles. The van der Waals surface area contributed by atoms with Crippen molar-refractivity contribution in [2.45, 2.75) is 66.6 Å². The van der Waals surface area contributed by atoms with Crippen LogP contribution in [0.3, 0.4) is 0 Å². The standard InChI is InChI=1S/C25H34N2O3/c1-7-22(25(29)26-17(2)3)27(15-21-13-11-18(4)12-14-21)24(28)16-30-23-10-8-9-19(5)20(23)6/h8-14,17,22H,7,15-16H2,1-6H3,(H,26,29). The van der Waals surface area contributed by atoms with Crippen LogP contribution in [0.25, 0.3) is 0 Å². The molecule has 162 valence electrons. The summed E-state index contributed by atoms with van der Waals surface area (Å²) in [5, 5.41) is 2.94. The molecular formula is C25H34N2O3. The van der Waals surface area contributed by atoms with Crippen molar-refractivity contribution in [3.8, 4) is 5.75 Å². The number of carbonyl (C=O) groups excluding carboxylic acids is 2. The van der Waals surface area contributed by atoms with Crippen LogP contribution in [0, 0.1) is 20.8 Å². The highest BCUT2D eigenvalue weighted by Crippen LogP contribution is 2.21. The SMILES string of the molecule is CCC(C(=O)NC(C)C)N(Cc1ccc(C)cc1)C(=O)COc1cccc(C)c1C. The van der Waals surface area contributed by atoms with Crippen LogP contribution < -0.4 is 10.1 Å². The van der Waals surface area contributed by atoms with Gasteiger partial charge in [0, 0.05) is 12.6 Å². The summed E-state index contributed by atoms with van der Waals surface area (Å²) in [5.74, 6) is 0.347. The third kappa shape index (κ3) is 6.34. The minimum absolute atomic E-state index is 0.00840. The first-order valence-corrected chi connectivity index (χ1v) is 10.6. The monoisotopic (exact) mass is 410 g/mol. The molecule has 0 radical (unpaired) electrons. The number of rotatable bonds is 9. The van der Waals surface area contributed by atoms with Crippen LogP contribution in [0.1, 0.15) is 49.4 Å². The van der Waals surface area contributed by atoms with E-state index in [0.717, 1.165) is 22.3 Å². The zero-order chi connectivity index (χ0) is 22.3. The fraction of sp³-hybridized carbons (Fsp3) is 0.440. The van der Waals surface area contributed by atoms with Gasteiger partial charge >= 0.3 is 0 Å². The van der Waals surface area contributed by atoms with Gasteiger partial charge in [-0.25, -0.2) is 0 Å². The Morgan fingerprint density at radius 1 is 1.03 bits per heavy atom. The van der Waals surface area contributed by atoms with E-state index < -0.39 is 6.04 Å². The predicted molar refractivity (Wildman–Crippen MR) is 120 cm³/mol. The largest absolute Gasteiger partial charge is 0.483 e. The van der Waals surface area contributed by atoms with Crippen LogP contribution in [-0.4, -0.2) is 35.4 Å². The lowest BCUT2D eigenvalue weighted by molar-refractivity contribution is -0.143. The number of amides is 2. The van der Waals surface area contributed by atoms with E-state index in [2.05, 4.69) is 5.32 Å². The highest BCUT2D eigenvalue weighted by atomic mass is 16.5. The van der Waals surface area contributed by atoms with E-state index in [1.54, 1.807) is 4.90 Å². The van der Waals surface area contributed by atoms with Gasteiger partial charge in [-0.2, -0.15) is 0 Å². The maximum atomic E-state index is 13.2. The summed E-state index contributed by atoms with van der Waals surface area (Å²) in [6.07, 6.45) is 0.527. The fourth-order valence-corrected chi connectivity index (χ4v) is 3.29. The highest BCUT2D eigenvalue weighted by molar-refractivity contribution is 5.88. The van der Waals surface area contributed by atoms with Gasteiger partial charge < -0.3 is 15.0 Å². The lowest BCUT2D eigenvalue weighted by Gasteiger charge is -2.31. The average molecular weight is 411 g/mol. The molecule has 5 heteroatoms. The van der Waals surface area contributed by atoms with Crippen molar-refractivity contribution in [2.24, 2.45) is 0 Å². The molecule has 2 aromatic rings. The Kier molecular flexibility index (Phi) is 8.46. The van der Waals surface area contributed by atoms with E-state index in [1.165, 1.54) is 0 Å². The lowest BCUT2D eigenvalue weighted by Crippen LogP contribution is -2.51. The van der Waals surface area contributed by atoms with Crippen LogP contribution in [-0.2, 0) is 16.1 Å². The molecule has 0 fully saturated rings. The first-order chi connectivity index (χ1) is 14.2. The van der Waals surface area contributed by atoms with Gasteiger partial charge in [0.1, 0.15) is 11.8 Å². The van der Waals surface area contributed by atoms with E-state index in [1.807, 2.05) is 84.0 Å². The van der Waals surface area contributed by atoms with Crippen LogP contribution in [0.4, 0.5) is 0 Å². The Morgan fingerprint density at radius 3 is 2.30 bits per heavy atom. The Bertz CT molecular complexity index is 859. The Hall–Kier alpha value is -2.82. The lowest BCUT2D eigenvalue weighted by atomic mass is 10.1. The minimum atomic E-state index is -0.552. The number of nitrogens with one attached hydrogen (secondary N) is 1. The molecule has 0 bridgehead atoms. The number of benzene rings is 2. The van der Waals surface area contributed by atoms with E-state index in [4.69, 9.17) is 4.74 Å². The van der Waals surface area contributed by atoms with Crippen molar-refractivity contribution >= 4 is 11.8 Å². The van der Waals surface area contributed by atoms with Gasteiger partial charge in [0.05, 0.1) is 0 Å². The number of hydrogen-bond donors (Lipinski definition) is 1. The molecule has 0 aromatic heterocycles. The number of aryl methyl sites for hydroxylation is 2. The van der Waals surface area contributed by atoms with Gasteiger partial charge in [0.2, 0.25) is 5.91 Å². The van der Waals surface area contributed by atoms with Crippen molar-refractivity contribution in [3.63, 3.8) is 0 Å². The van der Waals surface area contributed by atoms with Gasteiger partial charge in [0.25, 0.3) is 5.91 Å².